The monoisotopic (exact) mass is 151 g/mol. The van der Waals surface area contributed by atoms with Crippen molar-refractivity contribution in [3.05, 3.63) is 6.26 Å². The molecular weight excluding hydrogens is 136 g/mol. The Morgan fingerprint density at radius 3 is 2.25 bits per heavy atom. The lowest BCUT2D eigenvalue weighted by molar-refractivity contribution is 0.895. The van der Waals surface area contributed by atoms with Crippen LogP contribution in [0, 0.1) is 6.26 Å². The molecule has 0 amide bonds. The second kappa shape index (κ2) is 3.67. The lowest BCUT2D eigenvalue weighted by Gasteiger charge is -2.22. The quantitative estimate of drug-likeness (QED) is 0.465. The Bertz CT molecular complexity index is 54.0. The third kappa shape index (κ3) is 6.70. The maximum Gasteiger partial charge on any atom is -0.00624 e. The SMILES string of the molecule is [CH2]S(C)(S)CCCC. The van der Waals surface area contributed by atoms with Crippen LogP contribution in [-0.4, -0.2) is 12.0 Å². The van der Waals surface area contributed by atoms with Gasteiger partial charge in [0.15, 0.2) is 0 Å². The van der Waals surface area contributed by atoms with E-state index in [2.05, 4.69) is 31.1 Å². The van der Waals surface area contributed by atoms with Gasteiger partial charge in [-0.25, -0.2) is 0 Å². The second-order valence-electron chi connectivity index (χ2n) is 2.28. The van der Waals surface area contributed by atoms with Crippen molar-refractivity contribution in [1.82, 2.24) is 0 Å². The molecule has 1 radical (unpaired) electrons. The zero-order valence-corrected chi connectivity index (χ0v) is 7.39. The summed E-state index contributed by atoms with van der Waals surface area (Å²) in [5, 5.41) is 0. The molecule has 0 nitrogen and oxygen atoms in total. The highest BCUT2D eigenvalue weighted by Gasteiger charge is 2.01. The largest absolute Gasteiger partial charge is 0.198 e. The van der Waals surface area contributed by atoms with Crippen molar-refractivity contribution in [3.63, 3.8) is 0 Å². The van der Waals surface area contributed by atoms with E-state index in [-0.39, 0.29) is 0 Å². The summed E-state index contributed by atoms with van der Waals surface area (Å²) in [5.41, 5.74) is 0. The van der Waals surface area contributed by atoms with Gasteiger partial charge >= 0.3 is 0 Å². The first-order chi connectivity index (χ1) is 3.56. The van der Waals surface area contributed by atoms with Crippen LogP contribution in [0.3, 0.4) is 0 Å². The summed E-state index contributed by atoms with van der Waals surface area (Å²) in [4.78, 5) is 0. The highest BCUT2D eigenvalue weighted by Crippen LogP contribution is 2.47. The summed E-state index contributed by atoms with van der Waals surface area (Å²) < 4.78 is 0. The van der Waals surface area contributed by atoms with E-state index in [4.69, 9.17) is 0 Å². The Morgan fingerprint density at radius 1 is 1.62 bits per heavy atom. The van der Waals surface area contributed by atoms with E-state index in [0.717, 1.165) is 0 Å². The summed E-state index contributed by atoms with van der Waals surface area (Å²) in [6.07, 6.45) is 8.63. The van der Waals surface area contributed by atoms with Crippen molar-refractivity contribution in [2.24, 2.45) is 0 Å². The first kappa shape index (κ1) is 8.70. The molecule has 51 valence electrons. The van der Waals surface area contributed by atoms with Crippen molar-refractivity contribution in [2.75, 3.05) is 12.0 Å². The molecule has 0 aliphatic carbocycles. The Morgan fingerprint density at radius 2 is 2.12 bits per heavy atom. The molecule has 0 rings (SSSR count). The van der Waals surface area contributed by atoms with Gasteiger partial charge in [0.05, 0.1) is 0 Å². The van der Waals surface area contributed by atoms with Gasteiger partial charge in [-0.15, -0.1) is 11.7 Å². The molecule has 8 heavy (non-hydrogen) atoms. The minimum atomic E-state index is -0.742. The topological polar surface area (TPSA) is 0 Å². The van der Waals surface area contributed by atoms with Crippen LogP contribution in [0.4, 0.5) is 0 Å². The molecule has 0 aliphatic rings. The van der Waals surface area contributed by atoms with Crippen LogP contribution in [0.25, 0.3) is 0 Å². The van der Waals surface area contributed by atoms with Crippen molar-refractivity contribution in [3.8, 4) is 0 Å². The first-order valence-electron chi connectivity index (χ1n) is 2.88. The predicted octanol–water partition coefficient (Wildman–Crippen LogP) is 2.86. The molecule has 0 heterocycles. The molecule has 0 N–H and O–H groups in total. The van der Waals surface area contributed by atoms with Crippen LogP contribution in [0.5, 0.6) is 0 Å². The molecular formula is C6H15S2. The molecule has 0 saturated heterocycles. The molecule has 0 fully saturated rings. The van der Waals surface area contributed by atoms with Crippen molar-refractivity contribution < 1.29 is 0 Å². The van der Waals surface area contributed by atoms with E-state index in [1.54, 1.807) is 0 Å². The summed E-state index contributed by atoms with van der Waals surface area (Å²) in [7, 11) is -0.742. The Kier molecular flexibility index (Phi) is 4.00. The van der Waals surface area contributed by atoms with Gasteiger partial charge in [-0.3, -0.25) is 0 Å². The van der Waals surface area contributed by atoms with Gasteiger partial charge in [-0.05, 0) is 24.7 Å². The first-order valence-corrected chi connectivity index (χ1v) is 6.31. The molecule has 1 atom stereocenters. The van der Waals surface area contributed by atoms with Crippen LogP contribution < -0.4 is 0 Å². The fourth-order valence-electron chi connectivity index (χ4n) is 0.455. The van der Waals surface area contributed by atoms with Crippen LogP contribution in [0.2, 0.25) is 0 Å². The van der Waals surface area contributed by atoms with Gasteiger partial charge in [0.25, 0.3) is 0 Å². The average Bonchev–Trinajstić information content (AvgIpc) is 1.59. The highest BCUT2D eigenvalue weighted by atomic mass is 33.1. The van der Waals surface area contributed by atoms with Gasteiger partial charge in [-0.2, -0.15) is 9.06 Å². The van der Waals surface area contributed by atoms with Crippen LogP contribution in [0.1, 0.15) is 19.8 Å². The summed E-state index contributed by atoms with van der Waals surface area (Å²) >= 11 is 4.36. The third-order valence-electron chi connectivity index (χ3n) is 0.938. The van der Waals surface area contributed by atoms with Crippen LogP contribution >= 0.6 is 20.7 Å². The molecule has 0 aliphatic heterocycles. The van der Waals surface area contributed by atoms with Crippen LogP contribution in [-0.2, 0) is 0 Å². The summed E-state index contributed by atoms with van der Waals surface area (Å²) in [5.74, 6) is 1.20. The minimum Gasteiger partial charge on any atom is -0.198 e. The summed E-state index contributed by atoms with van der Waals surface area (Å²) in [6.45, 7) is 2.19. The highest BCUT2D eigenvalue weighted by molar-refractivity contribution is 8.88. The standard InChI is InChI=1S/C6H15S2/c1-4-5-6-8(2,3)7/h7H,2,4-6H2,1,3H3. The zero-order valence-electron chi connectivity index (χ0n) is 5.68. The van der Waals surface area contributed by atoms with E-state index in [9.17, 15) is 0 Å². The Balaban J connectivity index is 3.11. The van der Waals surface area contributed by atoms with E-state index in [0.29, 0.717) is 0 Å². The third-order valence-corrected chi connectivity index (χ3v) is 2.65. The van der Waals surface area contributed by atoms with Crippen molar-refractivity contribution >= 4 is 20.7 Å². The number of hydrogen-bond donors (Lipinski definition) is 1. The molecule has 0 saturated carbocycles. The van der Waals surface area contributed by atoms with E-state index >= 15 is 0 Å². The fourth-order valence-corrected chi connectivity index (χ4v) is 1.75. The summed E-state index contributed by atoms with van der Waals surface area (Å²) in [6, 6.07) is 0. The number of hydrogen-bond acceptors (Lipinski definition) is 1. The lowest BCUT2D eigenvalue weighted by atomic mass is 10.4. The minimum absolute atomic E-state index is 0.742. The molecule has 1 unspecified atom stereocenters. The number of rotatable bonds is 3. The fraction of sp³-hybridized carbons (Fsp3) is 0.833. The predicted molar refractivity (Wildman–Crippen MR) is 47.6 cm³/mol. The molecule has 0 aromatic rings. The number of thiol groups is 1. The lowest BCUT2D eigenvalue weighted by Crippen LogP contribution is -1.89. The van der Waals surface area contributed by atoms with Crippen LogP contribution in [0.15, 0.2) is 0 Å². The normalized spacial score (nSPS) is 14.0. The second-order valence-corrected chi connectivity index (χ2v) is 7.78. The smallest absolute Gasteiger partial charge is 0.00624 e. The molecule has 0 spiro atoms. The zero-order chi connectivity index (χ0) is 6.62. The maximum atomic E-state index is 4.36. The van der Waals surface area contributed by atoms with Gasteiger partial charge in [0.2, 0.25) is 0 Å². The van der Waals surface area contributed by atoms with Gasteiger partial charge in [0, 0.05) is 0 Å². The van der Waals surface area contributed by atoms with Crippen molar-refractivity contribution in [2.45, 2.75) is 19.8 Å². The average molecular weight is 151 g/mol. The Labute approximate surface area is 59.2 Å². The molecule has 0 aromatic heterocycles. The van der Waals surface area contributed by atoms with E-state index in [1.807, 2.05) is 0 Å². The molecule has 2 heteroatoms. The van der Waals surface area contributed by atoms with Gasteiger partial charge in [0.1, 0.15) is 0 Å². The van der Waals surface area contributed by atoms with Gasteiger partial charge in [-0.1, -0.05) is 13.3 Å². The maximum absolute atomic E-state index is 4.36. The van der Waals surface area contributed by atoms with Gasteiger partial charge < -0.3 is 0 Å². The molecule has 0 bridgehead atoms. The van der Waals surface area contributed by atoms with E-state index in [1.165, 1.54) is 18.6 Å². The molecule has 0 aromatic carbocycles. The number of unbranched alkanes of at least 4 members (excludes halogenated alkanes) is 1. The van der Waals surface area contributed by atoms with E-state index < -0.39 is 9.06 Å². The Hall–Kier alpha value is 0.700. The van der Waals surface area contributed by atoms with Crippen molar-refractivity contribution in [1.29, 1.82) is 0 Å².